The third kappa shape index (κ3) is 9.86. The topological polar surface area (TPSA) is 157 Å². The standard InChI is InChI=1S/C27H32N5O5.Ac/c1-16(2)12-23(24-15-20(37-32-24)14-21(28)26(34)35)30-25(33)13-18-8-10-19(11-9-18)29-27(36)31-22-7-5-4-6-17(22)3;/h4-11,15-16,21,23,28H,12-14H2,1-3H3,(H,30,33)(H,34,35)(H2,29,31,36);/q-1;. The van der Waals surface area contributed by atoms with Gasteiger partial charge in [-0.25, -0.2) is 4.79 Å². The molecule has 11 heteroatoms. The third-order valence-corrected chi connectivity index (χ3v) is 5.65. The maximum atomic E-state index is 12.8. The molecule has 3 aromatic rings. The zero-order valence-corrected chi connectivity index (χ0v) is 26.4. The maximum absolute atomic E-state index is 12.8. The molecule has 0 spiro atoms. The first-order chi connectivity index (χ1) is 17.6. The number of urea groups is 1. The molecule has 0 aliphatic carbocycles. The second-order valence-electron chi connectivity index (χ2n) is 9.33. The van der Waals surface area contributed by atoms with Crippen LogP contribution in [-0.4, -0.2) is 34.2 Å². The number of carboxylic acid groups (broad SMARTS) is 1. The summed E-state index contributed by atoms with van der Waals surface area (Å²) in [6.45, 7) is 5.95. The Labute approximate surface area is 257 Å². The van der Waals surface area contributed by atoms with Crippen LogP contribution in [0.3, 0.4) is 0 Å². The Hall–Kier alpha value is -2.74. The molecule has 3 amide bonds. The first kappa shape index (κ1) is 31.5. The van der Waals surface area contributed by atoms with Crippen LogP contribution in [0.1, 0.15) is 48.9 Å². The van der Waals surface area contributed by atoms with Crippen molar-refractivity contribution >= 4 is 29.3 Å². The molecule has 0 fully saturated rings. The number of anilines is 2. The zero-order valence-electron chi connectivity index (χ0n) is 21.7. The van der Waals surface area contributed by atoms with Gasteiger partial charge in [-0.1, -0.05) is 49.3 Å². The van der Waals surface area contributed by atoms with Crippen molar-refractivity contribution in [3.8, 4) is 0 Å². The Morgan fingerprint density at radius 2 is 1.74 bits per heavy atom. The van der Waals surface area contributed by atoms with E-state index in [9.17, 15) is 14.4 Å². The molecule has 2 aromatic carbocycles. The summed E-state index contributed by atoms with van der Waals surface area (Å²) in [5.41, 5.74) is 11.1. The van der Waals surface area contributed by atoms with Gasteiger partial charge in [0.15, 0.2) is 0 Å². The maximum Gasteiger partial charge on any atom is 0.323 e. The van der Waals surface area contributed by atoms with Crippen molar-refractivity contribution in [3.63, 3.8) is 0 Å². The fraction of sp³-hybridized carbons (Fsp3) is 0.333. The van der Waals surface area contributed by atoms with E-state index in [1.807, 2.05) is 45.0 Å². The van der Waals surface area contributed by atoms with Crippen LogP contribution < -0.4 is 16.0 Å². The molecule has 0 saturated carbocycles. The van der Waals surface area contributed by atoms with E-state index in [1.54, 1.807) is 30.3 Å². The monoisotopic (exact) mass is 733 g/mol. The van der Waals surface area contributed by atoms with Gasteiger partial charge in [0.1, 0.15) is 11.5 Å². The number of aliphatic carboxylic acids is 1. The number of hydrogen-bond acceptors (Lipinski definition) is 5. The van der Waals surface area contributed by atoms with Crippen molar-refractivity contribution in [1.29, 1.82) is 0 Å². The van der Waals surface area contributed by atoms with E-state index in [-0.39, 0.29) is 80.5 Å². The Kier molecular flexibility index (Phi) is 12.4. The van der Waals surface area contributed by atoms with Gasteiger partial charge in [0.25, 0.3) is 5.97 Å². The van der Waals surface area contributed by atoms with Crippen molar-refractivity contribution in [2.24, 2.45) is 5.92 Å². The number of carbonyl (C=O) groups is 3. The Balaban J connectivity index is 0.00000507. The Bertz CT molecular complexity index is 1230. The summed E-state index contributed by atoms with van der Waals surface area (Å²) in [5.74, 6) is -0.908. The summed E-state index contributed by atoms with van der Waals surface area (Å²) >= 11 is 0. The van der Waals surface area contributed by atoms with Gasteiger partial charge in [0.05, 0.1) is 12.5 Å². The van der Waals surface area contributed by atoms with Crippen LogP contribution in [0.25, 0.3) is 5.73 Å². The van der Waals surface area contributed by atoms with Crippen LogP contribution in [0.2, 0.25) is 0 Å². The van der Waals surface area contributed by atoms with Crippen LogP contribution in [0.5, 0.6) is 0 Å². The quantitative estimate of drug-likeness (QED) is 0.214. The van der Waals surface area contributed by atoms with Crippen LogP contribution in [0.15, 0.2) is 59.1 Å². The smallest absolute Gasteiger partial charge is 0.323 e. The molecule has 0 aliphatic rings. The molecule has 38 heavy (non-hydrogen) atoms. The summed E-state index contributed by atoms with van der Waals surface area (Å²) in [6.07, 6.45) is 0.636. The van der Waals surface area contributed by atoms with Gasteiger partial charge in [-0.15, -0.1) is 0 Å². The van der Waals surface area contributed by atoms with E-state index in [2.05, 4.69) is 21.1 Å². The molecule has 2 unspecified atom stereocenters. The average molecular weight is 734 g/mol. The second kappa shape index (κ2) is 15.0. The second-order valence-corrected chi connectivity index (χ2v) is 9.33. The van der Waals surface area contributed by atoms with Crippen molar-refractivity contribution in [2.75, 3.05) is 10.6 Å². The molecule has 0 aliphatic heterocycles. The number of nitrogens with zero attached hydrogens (tertiary/aromatic N) is 1. The van der Waals surface area contributed by atoms with Crippen LogP contribution >= 0.6 is 0 Å². The van der Waals surface area contributed by atoms with Gasteiger partial charge in [-0.05, 0) is 54.6 Å². The number of amides is 3. The van der Waals surface area contributed by atoms with Crippen molar-refractivity contribution in [1.82, 2.24) is 10.5 Å². The Morgan fingerprint density at radius 3 is 2.37 bits per heavy atom. The van der Waals surface area contributed by atoms with Crippen LogP contribution in [-0.2, 0) is 22.4 Å². The average Bonchev–Trinajstić information content (AvgIpc) is 3.29. The number of carbonyl (C=O) groups excluding carboxylic acids is 2. The molecular weight excluding hydrogens is 701 g/mol. The molecule has 1 aromatic heterocycles. The number of hydrogen-bond donors (Lipinski definition) is 4. The fourth-order valence-electron chi connectivity index (χ4n) is 3.74. The summed E-state index contributed by atoms with van der Waals surface area (Å²) in [4.78, 5) is 36.0. The summed E-state index contributed by atoms with van der Waals surface area (Å²) in [6, 6.07) is 14.0. The van der Waals surface area contributed by atoms with Crippen LogP contribution in [0, 0.1) is 56.9 Å². The number of rotatable bonds is 11. The molecule has 3 rings (SSSR count). The molecule has 1 heterocycles. The van der Waals surface area contributed by atoms with E-state index >= 15 is 0 Å². The minimum Gasteiger partial charge on any atom is -0.665 e. The van der Waals surface area contributed by atoms with Gasteiger partial charge in [-0.3, -0.25) is 9.59 Å². The van der Waals surface area contributed by atoms with Gasteiger partial charge in [0.2, 0.25) is 5.91 Å². The number of benzene rings is 2. The molecule has 199 valence electrons. The van der Waals surface area contributed by atoms with Crippen LogP contribution in [0.4, 0.5) is 16.2 Å². The fourth-order valence-corrected chi connectivity index (χ4v) is 3.74. The zero-order chi connectivity index (χ0) is 26.9. The molecule has 0 bridgehead atoms. The van der Waals surface area contributed by atoms with Gasteiger partial charge in [-0.2, -0.15) is 0 Å². The molecular formula is C27H32AcN5O5-. The minimum atomic E-state index is -1.34. The predicted molar refractivity (Wildman–Crippen MR) is 140 cm³/mol. The normalized spacial score (nSPS) is 12.2. The number of nitrogens with one attached hydrogen (secondary N) is 4. The Morgan fingerprint density at radius 1 is 1.05 bits per heavy atom. The first-order valence-electron chi connectivity index (χ1n) is 12.0. The van der Waals surface area contributed by atoms with Gasteiger partial charge < -0.3 is 31.3 Å². The van der Waals surface area contributed by atoms with E-state index in [1.165, 1.54) is 0 Å². The van der Waals surface area contributed by atoms with E-state index in [0.29, 0.717) is 17.8 Å². The molecule has 10 nitrogen and oxygen atoms in total. The molecule has 1 radical (unpaired) electrons. The van der Waals surface area contributed by atoms with Crippen molar-refractivity contribution < 1.29 is 68.1 Å². The molecule has 5 N–H and O–H groups in total. The summed E-state index contributed by atoms with van der Waals surface area (Å²) < 4.78 is 5.21. The van der Waals surface area contributed by atoms with E-state index in [4.69, 9.17) is 15.4 Å². The van der Waals surface area contributed by atoms with Crippen molar-refractivity contribution in [3.05, 3.63) is 82.9 Å². The first-order valence-corrected chi connectivity index (χ1v) is 12.0. The number of aryl methyl sites for hydroxylation is 1. The van der Waals surface area contributed by atoms with Gasteiger partial charge >= 0.3 is 6.03 Å². The van der Waals surface area contributed by atoms with E-state index in [0.717, 1.165) is 16.8 Å². The number of aromatic nitrogens is 1. The molecule has 0 saturated heterocycles. The number of carboxylic acids is 1. The number of para-hydroxylation sites is 1. The van der Waals surface area contributed by atoms with Crippen molar-refractivity contribution in [2.45, 2.75) is 52.1 Å². The summed E-state index contributed by atoms with van der Waals surface area (Å²) in [7, 11) is 0. The molecule has 2 atom stereocenters. The third-order valence-electron chi connectivity index (χ3n) is 5.65. The predicted octanol–water partition coefficient (Wildman–Crippen LogP) is 5.12. The minimum absolute atomic E-state index is 0. The van der Waals surface area contributed by atoms with Gasteiger partial charge in [0, 0.05) is 67.9 Å². The summed E-state index contributed by atoms with van der Waals surface area (Å²) in [5, 5.41) is 21.5. The SMILES string of the molecule is Cc1ccccc1NC(=O)Nc1ccc(CC(=O)NC(CC(C)C)c2cc(CC([NH-])C(=O)O)on2)cc1.[Ac]. The van der Waals surface area contributed by atoms with E-state index < -0.39 is 18.1 Å². The largest absolute Gasteiger partial charge is 0.665 e.